The normalized spacial score (nSPS) is 22.9. The second-order valence-corrected chi connectivity index (χ2v) is 49.0. The number of aryl methyl sites for hydroxylation is 1. The zero-order valence-electron chi connectivity index (χ0n) is 75.4. The van der Waals surface area contributed by atoms with E-state index in [1.165, 1.54) is 83.6 Å². The van der Waals surface area contributed by atoms with Crippen LogP contribution in [0.4, 0.5) is 13.2 Å². The molecular formula is C107H107F3O20S8. The molecule has 2 saturated heterocycles. The molecule has 10 atom stereocenters. The largest absolute Gasteiger partial charge is 0.748 e. The first kappa shape index (κ1) is 104. The van der Waals surface area contributed by atoms with Gasteiger partial charge in [0, 0.05) is 0 Å². The molecule has 10 unspecified atom stereocenters. The fourth-order valence-electron chi connectivity index (χ4n) is 20.2. The molecule has 8 aliphatic carbocycles. The van der Waals surface area contributed by atoms with Gasteiger partial charge in [-0.25, -0.2) is 33.7 Å². The Morgan fingerprint density at radius 1 is 0.333 bits per heavy atom. The van der Waals surface area contributed by atoms with Gasteiger partial charge in [0.2, 0.25) is 0 Å². The van der Waals surface area contributed by atoms with Gasteiger partial charge in [0.1, 0.15) is 50.6 Å². The number of carbonyl (C=O) groups is 3. The van der Waals surface area contributed by atoms with Crippen molar-refractivity contribution in [2.24, 2.45) is 58.7 Å². The van der Waals surface area contributed by atoms with Gasteiger partial charge in [0.15, 0.2) is 68.9 Å². The van der Waals surface area contributed by atoms with Crippen LogP contribution in [-0.2, 0) is 122 Å². The number of carbonyl (C=O) groups excluding carboxylic acids is 3. The molecule has 138 heavy (non-hydrogen) atoms. The molecule has 724 valence electrons. The second kappa shape index (κ2) is 47.8. The third-order valence-electron chi connectivity index (χ3n) is 25.5. The third kappa shape index (κ3) is 28.8. The lowest BCUT2D eigenvalue weighted by molar-refractivity contribution is -0.171. The summed E-state index contributed by atoms with van der Waals surface area (Å²) in [5.41, 5.74) is -4.72. The number of fused-ring (bicyclic) bond motifs is 2. The maximum absolute atomic E-state index is 12.3. The van der Waals surface area contributed by atoms with Gasteiger partial charge in [-0.2, -0.15) is 13.2 Å². The predicted molar refractivity (Wildman–Crippen MR) is 520 cm³/mol. The maximum Gasteiger partial charge on any atom is 0.485 e. The summed E-state index contributed by atoms with van der Waals surface area (Å²) in [5, 5.41) is 0. The van der Waals surface area contributed by atoms with E-state index in [1.54, 1.807) is 0 Å². The SMILES string of the molecule is Cc1ccc([S+](c2ccccc2)c2ccccc2)cc1.O=C(CS(=O)(=O)[O-])OC1C2CC3COC1C3C2.O=C(CS(=O)(=O)[O-])OC1C2CC3COC1C3C2.O=C(OCCS(=O)(=O)[O-])C12CC3CC(CC(C3)C1)C2.O=S(=O)([O-])C(F)(F)F.c1ccc([S+](c2ccccc2)c2ccccc2)cc1.c1ccc([S+](c2ccccc2)c2ccccc2)cc1.c1ccc([S+](c2ccccc2)c2ccccc2)cc1. The predicted octanol–water partition coefficient (Wildman–Crippen LogP) is 19.8. The molecule has 12 aromatic carbocycles. The minimum Gasteiger partial charge on any atom is -0.748 e. The third-order valence-corrected chi connectivity index (χ3v) is 36.8. The summed E-state index contributed by atoms with van der Waals surface area (Å²) < 4.78 is 180. The van der Waals surface area contributed by atoms with E-state index in [9.17, 15) is 66.5 Å². The Balaban J connectivity index is 0.000000127. The average molecular weight is 2030 g/mol. The monoisotopic (exact) mass is 2020 g/mol. The van der Waals surface area contributed by atoms with Crippen LogP contribution in [0.2, 0.25) is 0 Å². The molecule has 2 aliphatic heterocycles. The topological polar surface area (TPSA) is 326 Å². The minimum atomic E-state index is -6.09. The van der Waals surface area contributed by atoms with E-state index in [-0.39, 0.29) is 97.8 Å². The lowest BCUT2D eigenvalue weighted by Crippen LogP contribution is -2.50. The van der Waals surface area contributed by atoms with Gasteiger partial charge >= 0.3 is 23.4 Å². The van der Waals surface area contributed by atoms with Gasteiger partial charge in [0.25, 0.3) is 0 Å². The molecule has 0 amide bonds. The van der Waals surface area contributed by atoms with Crippen molar-refractivity contribution < 1.29 is 103 Å². The molecule has 8 bridgehead atoms. The second-order valence-electron chi connectivity index (χ2n) is 35.2. The first-order chi connectivity index (χ1) is 66.2. The van der Waals surface area contributed by atoms with Gasteiger partial charge in [0.05, 0.1) is 90.3 Å². The first-order valence-electron chi connectivity index (χ1n) is 45.4. The van der Waals surface area contributed by atoms with Gasteiger partial charge in [-0.1, -0.05) is 218 Å². The highest BCUT2D eigenvalue weighted by Crippen LogP contribution is 2.61. The lowest BCUT2D eigenvalue weighted by Gasteiger charge is -2.55. The molecule has 10 aliphatic rings. The highest BCUT2D eigenvalue weighted by atomic mass is 32.2. The van der Waals surface area contributed by atoms with Crippen LogP contribution in [0, 0.1) is 65.6 Å². The van der Waals surface area contributed by atoms with E-state index in [0.29, 0.717) is 54.6 Å². The van der Waals surface area contributed by atoms with E-state index in [1.807, 2.05) is 0 Å². The van der Waals surface area contributed by atoms with Crippen molar-refractivity contribution in [1.82, 2.24) is 0 Å². The quantitative estimate of drug-likeness (QED) is 0.0200. The van der Waals surface area contributed by atoms with Crippen LogP contribution in [-0.4, -0.2) is 137 Å². The Morgan fingerprint density at radius 3 is 0.768 bits per heavy atom. The molecule has 0 radical (unpaired) electrons. The molecule has 31 heteroatoms. The number of halogens is 3. The fraction of sp³-hybridized carbons (Fsp3) is 0.299. The highest BCUT2D eigenvalue weighted by molar-refractivity contribution is 7.98. The van der Waals surface area contributed by atoms with Crippen LogP contribution in [0.5, 0.6) is 0 Å². The van der Waals surface area contributed by atoms with Crippen LogP contribution in [0.25, 0.3) is 0 Å². The molecule has 0 N–H and O–H groups in total. The molecule has 12 aromatic rings. The van der Waals surface area contributed by atoms with Crippen LogP contribution >= 0.6 is 0 Å². The smallest absolute Gasteiger partial charge is 0.485 e. The first-order valence-corrected chi connectivity index (χ1v) is 56.4. The summed E-state index contributed by atoms with van der Waals surface area (Å²) >= 11 is 0. The van der Waals surface area contributed by atoms with E-state index < -0.39 is 75.2 Å². The summed E-state index contributed by atoms with van der Waals surface area (Å²) in [5.74, 6) is -0.462. The van der Waals surface area contributed by atoms with Crippen molar-refractivity contribution >= 4 is 102 Å². The number of esters is 3. The van der Waals surface area contributed by atoms with Gasteiger partial charge in [-0.15, -0.1) is 0 Å². The lowest BCUT2D eigenvalue weighted by atomic mass is 9.49. The van der Waals surface area contributed by atoms with E-state index >= 15 is 0 Å². The Bertz CT molecular complexity index is 5650. The van der Waals surface area contributed by atoms with Crippen molar-refractivity contribution in [1.29, 1.82) is 0 Å². The van der Waals surface area contributed by atoms with Crippen molar-refractivity contribution in [3.63, 3.8) is 0 Å². The molecule has 0 aromatic heterocycles. The van der Waals surface area contributed by atoms with Crippen molar-refractivity contribution in [2.45, 2.75) is 160 Å². The number of benzene rings is 12. The van der Waals surface area contributed by atoms with Crippen LogP contribution in [0.15, 0.2) is 417 Å². The van der Waals surface area contributed by atoms with Gasteiger partial charge < -0.3 is 41.9 Å². The standard InChI is InChI=1S/C19H17S.3C18H15S.C13H20O5S.2C10H14O6S.CHF3O3S/c1-16-12-14-19(15-13-16)20(17-8-4-2-5-9-17)18-10-6-3-7-11-18;3*1-4-10-16(11-5-1)19(17-12-6-2-7-13-17)18-14-8-3-9-15-18;14-12(18-1-2-19(15,16)17)13-6-9-3-10(7-13)5-11(4-9)8-13;2*11-8(4-17(12,13)14)16-9-5-1-6-3-15-10(9)7(6)2-5;2-1(3,4)8(5,6)7/h2-15H,1H3;3*1-15H;9-11H,1-8H2,(H,15,16,17);2*5-7,9-10H,1-4H2,(H,12,13,14);(H,5,6,7)/q4*+1;;;;/p-4. The summed E-state index contributed by atoms with van der Waals surface area (Å²) in [4.78, 5) is 51.2. The molecule has 22 rings (SSSR count). The van der Waals surface area contributed by atoms with E-state index in [2.05, 4.69) is 365 Å². The summed E-state index contributed by atoms with van der Waals surface area (Å²) in [6, 6.07) is 127. The Labute approximate surface area is 817 Å². The number of ether oxygens (including phenoxy) is 5. The minimum absolute atomic E-state index is 0.0146. The zero-order valence-corrected chi connectivity index (χ0v) is 82.0. The maximum atomic E-state index is 12.3. The van der Waals surface area contributed by atoms with Crippen LogP contribution < -0.4 is 0 Å². The summed E-state index contributed by atoms with van der Waals surface area (Å²) in [6.07, 6.45) is 9.42. The molecular weight excluding hydrogens is 1920 g/mol. The molecule has 0 spiro atoms. The van der Waals surface area contributed by atoms with Crippen molar-refractivity contribution in [3.05, 3.63) is 363 Å². The zero-order chi connectivity index (χ0) is 97.6. The fourth-order valence-corrected chi connectivity index (χ4v) is 29.6. The molecule has 10 fully saturated rings. The van der Waals surface area contributed by atoms with Crippen molar-refractivity contribution in [2.75, 3.05) is 37.1 Å². The highest BCUT2D eigenvalue weighted by Gasteiger charge is 2.61. The average Bonchev–Trinajstić information content (AvgIpc) is 1.46. The van der Waals surface area contributed by atoms with Crippen LogP contribution in [0.1, 0.15) is 69.8 Å². The van der Waals surface area contributed by atoms with Crippen molar-refractivity contribution in [3.8, 4) is 0 Å². The number of hydrogen-bond acceptors (Lipinski definition) is 20. The summed E-state index contributed by atoms with van der Waals surface area (Å²) in [7, 11) is -19.6. The summed E-state index contributed by atoms with van der Waals surface area (Å²) in [6.45, 7) is 3.25. The number of hydrogen-bond donors (Lipinski definition) is 0. The number of alkyl halides is 3. The van der Waals surface area contributed by atoms with E-state index in [4.69, 9.17) is 36.7 Å². The number of rotatable bonds is 22. The van der Waals surface area contributed by atoms with Gasteiger partial charge in [-0.05, 0) is 270 Å². The Morgan fingerprint density at radius 2 is 0.558 bits per heavy atom. The van der Waals surface area contributed by atoms with Gasteiger partial charge in [-0.3, -0.25) is 14.4 Å². The Hall–Kier alpha value is -10.2. The molecule has 8 saturated carbocycles. The molecule has 2 heterocycles. The Kier molecular flexibility index (Phi) is 35.9. The molecule has 20 nitrogen and oxygen atoms in total. The van der Waals surface area contributed by atoms with E-state index in [0.717, 1.165) is 44.9 Å². The van der Waals surface area contributed by atoms with Crippen LogP contribution in [0.3, 0.4) is 0 Å².